The summed E-state index contributed by atoms with van der Waals surface area (Å²) in [5, 5.41) is 0. The summed E-state index contributed by atoms with van der Waals surface area (Å²) >= 11 is 0. The molecule has 0 spiro atoms. The molecule has 0 bridgehead atoms. The van der Waals surface area contributed by atoms with Crippen LogP contribution in [0.4, 0.5) is 5.95 Å². The third-order valence-corrected chi connectivity index (χ3v) is 1.83. The zero-order chi connectivity index (χ0) is 10.4. The lowest BCUT2D eigenvalue weighted by Crippen LogP contribution is -2.16. The third kappa shape index (κ3) is 1.04. The summed E-state index contributed by atoms with van der Waals surface area (Å²) in [5.41, 5.74) is 4.85. The monoisotopic (exact) mass is 207 g/mol. The molecular weight excluding hydrogens is 202 g/mol. The first-order chi connectivity index (χ1) is 7.24. The van der Waals surface area contributed by atoms with Crippen LogP contribution in [0.3, 0.4) is 0 Å². The molecule has 76 valence electrons. The van der Waals surface area contributed by atoms with Crippen molar-refractivity contribution in [3.8, 4) is 23.4 Å². The molecule has 0 aliphatic carbocycles. The van der Waals surface area contributed by atoms with Crippen LogP contribution in [0.5, 0.6) is 23.4 Å². The number of hydrogen-bond donors (Lipinski definition) is 3. The number of nitrogens with zero attached hydrogens (tertiary/aromatic N) is 2. The van der Waals surface area contributed by atoms with Gasteiger partial charge in [0.15, 0.2) is 0 Å². The molecule has 0 amide bonds. The SMILES string of the molecule is Nc1nc2c(c(=O)[nH]1)Oc1[nH]cnc1O2. The largest absolute Gasteiger partial charge is 0.424 e. The summed E-state index contributed by atoms with van der Waals surface area (Å²) < 4.78 is 10.4. The second-order valence-corrected chi connectivity index (χ2v) is 2.83. The highest BCUT2D eigenvalue weighted by Gasteiger charge is 2.25. The lowest BCUT2D eigenvalue weighted by atomic mass is 10.5. The third-order valence-electron chi connectivity index (χ3n) is 1.83. The zero-order valence-electron chi connectivity index (χ0n) is 7.27. The average molecular weight is 207 g/mol. The fraction of sp³-hybridized carbons (Fsp3) is 0. The maximum absolute atomic E-state index is 11.4. The number of nitrogens with one attached hydrogen (secondary N) is 2. The van der Waals surface area contributed by atoms with Gasteiger partial charge in [-0.1, -0.05) is 0 Å². The number of aromatic nitrogens is 4. The van der Waals surface area contributed by atoms with Gasteiger partial charge in [-0.25, -0.2) is 0 Å². The first-order valence-corrected chi connectivity index (χ1v) is 4.03. The van der Waals surface area contributed by atoms with Gasteiger partial charge in [0, 0.05) is 0 Å². The summed E-state index contributed by atoms with van der Waals surface area (Å²) in [4.78, 5) is 24.0. The van der Waals surface area contributed by atoms with Crippen LogP contribution in [0.1, 0.15) is 0 Å². The number of rotatable bonds is 0. The number of anilines is 1. The van der Waals surface area contributed by atoms with E-state index in [0.29, 0.717) is 0 Å². The van der Waals surface area contributed by atoms with Crippen molar-refractivity contribution in [3.63, 3.8) is 0 Å². The number of ether oxygens (including phenoxy) is 2. The van der Waals surface area contributed by atoms with Gasteiger partial charge in [0.2, 0.25) is 5.95 Å². The second kappa shape index (κ2) is 2.50. The van der Waals surface area contributed by atoms with Gasteiger partial charge in [0.05, 0.1) is 6.33 Å². The molecule has 0 fully saturated rings. The Labute approximate surface area is 82.1 Å². The first kappa shape index (κ1) is 7.85. The molecule has 8 heteroatoms. The zero-order valence-corrected chi connectivity index (χ0v) is 7.27. The van der Waals surface area contributed by atoms with Crippen LogP contribution in [0.15, 0.2) is 11.1 Å². The quantitative estimate of drug-likeness (QED) is 0.476. The molecule has 0 radical (unpaired) electrons. The Morgan fingerprint density at radius 2 is 2.20 bits per heavy atom. The summed E-state index contributed by atoms with van der Waals surface area (Å²) in [7, 11) is 0. The molecule has 0 aromatic carbocycles. The fourth-order valence-corrected chi connectivity index (χ4v) is 1.23. The Morgan fingerprint density at radius 1 is 1.33 bits per heavy atom. The van der Waals surface area contributed by atoms with Crippen molar-refractivity contribution in [1.82, 2.24) is 19.9 Å². The van der Waals surface area contributed by atoms with E-state index in [1.165, 1.54) is 6.33 Å². The van der Waals surface area contributed by atoms with E-state index < -0.39 is 5.56 Å². The van der Waals surface area contributed by atoms with E-state index in [2.05, 4.69) is 19.9 Å². The Bertz CT molecular complexity index is 587. The summed E-state index contributed by atoms with van der Waals surface area (Å²) in [6, 6.07) is 0. The lowest BCUT2D eigenvalue weighted by Gasteiger charge is -2.13. The second-order valence-electron chi connectivity index (χ2n) is 2.83. The molecule has 2 aromatic rings. The molecular formula is C7H5N5O3. The topological polar surface area (TPSA) is 119 Å². The Hall–Kier alpha value is -2.51. The van der Waals surface area contributed by atoms with Gasteiger partial charge in [0.25, 0.3) is 28.9 Å². The smallest absolute Gasteiger partial charge is 0.299 e. The van der Waals surface area contributed by atoms with E-state index in [1.54, 1.807) is 0 Å². The van der Waals surface area contributed by atoms with Gasteiger partial charge in [-0.05, 0) is 0 Å². The molecule has 3 rings (SSSR count). The highest BCUT2D eigenvalue weighted by atomic mass is 16.6. The molecule has 8 nitrogen and oxygen atoms in total. The minimum absolute atomic E-state index is 0.0100. The number of imidazole rings is 1. The van der Waals surface area contributed by atoms with E-state index in [9.17, 15) is 4.79 Å². The van der Waals surface area contributed by atoms with Gasteiger partial charge >= 0.3 is 0 Å². The van der Waals surface area contributed by atoms with Crippen molar-refractivity contribution in [2.24, 2.45) is 0 Å². The van der Waals surface area contributed by atoms with Crippen molar-refractivity contribution in [1.29, 1.82) is 0 Å². The number of nitrogen functional groups attached to an aromatic ring is 1. The summed E-state index contributed by atoms with van der Waals surface area (Å²) in [5.74, 6) is 0.415. The van der Waals surface area contributed by atoms with Crippen LogP contribution in [-0.2, 0) is 0 Å². The van der Waals surface area contributed by atoms with Crippen LogP contribution in [0.2, 0.25) is 0 Å². The maximum Gasteiger partial charge on any atom is 0.299 e. The number of nitrogens with two attached hydrogens (primary N) is 1. The molecule has 15 heavy (non-hydrogen) atoms. The van der Waals surface area contributed by atoms with E-state index in [1.807, 2.05) is 0 Å². The van der Waals surface area contributed by atoms with Crippen LogP contribution in [-0.4, -0.2) is 19.9 Å². The Kier molecular flexibility index (Phi) is 1.31. The predicted molar refractivity (Wildman–Crippen MR) is 48.0 cm³/mol. The van der Waals surface area contributed by atoms with Crippen LogP contribution < -0.4 is 20.8 Å². The molecule has 1 aliphatic heterocycles. The molecule has 0 unspecified atom stereocenters. The lowest BCUT2D eigenvalue weighted by molar-refractivity contribution is 0.329. The van der Waals surface area contributed by atoms with Crippen LogP contribution in [0.25, 0.3) is 0 Å². The minimum Gasteiger partial charge on any atom is -0.424 e. The fourth-order valence-electron chi connectivity index (χ4n) is 1.23. The van der Waals surface area contributed by atoms with Crippen molar-refractivity contribution >= 4 is 5.95 Å². The molecule has 1 aliphatic rings. The number of hydrogen-bond acceptors (Lipinski definition) is 6. The molecule has 0 saturated heterocycles. The van der Waals surface area contributed by atoms with Crippen molar-refractivity contribution < 1.29 is 9.47 Å². The van der Waals surface area contributed by atoms with E-state index in [0.717, 1.165) is 0 Å². The normalized spacial score (nSPS) is 12.3. The summed E-state index contributed by atoms with van der Waals surface area (Å²) in [6.07, 6.45) is 1.38. The molecule has 0 atom stereocenters. The molecule has 3 heterocycles. The predicted octanol–water partition coefficient (Wildman–Crippen LogP) is -0.0268. The van der Waals surface area contributed by atoms with Crippen LogP contribution in [0, 0.1) is 0 Å². The minimum atomic E-state index is -0.502. The number of aromatic amines is 2. The first-order valence-electron chi connectivity index (χ1n) is 4.03. The average Bonchev–Trinajstić information content (AvgIpc) is 2.61. The molecule has 4 N–H and O–H groups in total. The highest BCUT2D eigenvalue weighted by molar-refractivity contribution is 5.46. The van der Waals surface area contributed by atoms with Crippen molar-refractivity contribution in [2.75, 3.05) is 5.73 Å². The summed E-state index contributed by atoms with van der Waals surface area (Å²) in [6.45, 7) is 0. The molecule has 0 saturated carbocycles. The van der Waals surface area contributed by atoms with E-state index >= 15 is 0 Å². The van der Waals surface area contributed by atoms with Crippen molar-refractivity contribution in [3.05, 3.63) is 16.7 Å². The standard InChI is InChI=1S/C7H5N5O3/c8-7-11-3(13)2-4(12-7)15-6-5(14-2)9-1-10-6/h1H,(H,9,10)(H3,8,11,12,13). The Balaban J connectivity index is 2.21. The van der Waals surface area contributed by atoms with Gasteiger partial charge in [-0.3, -0.25) is 9.78 Å². The van der Waals surface area contributed by atoms with E-state index in [4.69, 9.17) is 15.2 Å². The maximum atomic E-state index is 11.4. The van der Waals surface area contributed by atoms with E-state index in [-0.39, 0.29) is 29.3 Å². The van der Waals surface area contributed by atoms with Crippen LogP contribution >= 0.6 is 0 Å². The molecule has 2 aromatic heterocycles. The number of H-pyrrole nitrogens is 2. The van der Waals surface area contributed by atoms with Gasteiger partial charge in [-0.2, -0.15) is 9.97 Å². The van der Waals surface area contributed by atoms with Gasteiger partial charge in [-0.15, -0.1) is 0 Å². The van der Waals surface area contributed by atoms with Gasteiger partial charge < -0.3 is 20.2 Å². The highest BCUT2D eigenvalue weighted by Crippen LogP contribution is 2.39. The number of fused-ring (bicyclic) bond motifs is 2. The van der Waals surface area contributed by atoms with Gasteiger partial charge in [0.1, 0.15) is 0 Å². The Morgan fingerprint density at radius 3 is 3.07 bits per heavy atom. The van der Waals surface area contributed by atoms with Crippen molar-refractivity contribution in [2.45, 2.75) is 0 Å².